The maximum atomic E-state index is 11.6. The van der Waals surface area contributed by atoms with Gasteiger partial charge in [-0.05, 0) is 30.7 Å². The zero-order valence-electron chi connectivity index (χ0n) is 7.98. The molecule has 15 heavy (non-hydrogen) atoms. The minimum atomic E-state index is -1.09. The summed E-state index contributed by atoms with van der Waals surface area (Å²) in [6.07, 6.45) is 0.514. The van der Waals surface area contributed by atoms with Gasteiger partial charge in [-0.3, -0.25) is 9.00 Å². The van der Waals surface area contributed by atoms with Gasteiger partial charge in [0.1, 0.15) is 0 Å². The van der Waals surface area contributed by atoms with Gasteiger partial charge in [-0.25, -0.2) is 0 Å². The van der Waals surface area contributed by atoms with E-state index in [9.17, 15) is 9.00 Å². The van der Waals surface area contributed by atoms with E-state index in [1.54, 1.807) is 12.1 Å². The van der Waals surface area contributed by atoms with Crippen molar-refractivity contribution < 1.29 is 14.1 Å². The molecule has 5 heteroatoms. The molecule has 0 bridgehead atoms. The number of carbonyl (C=O) groups is 1. The van der Waals surface area contributed by atoms with Crippen molar-refractivity contribution in [1.82, 2.24) is 0 Å². The summed E-state index contributed by atoms with van der Waals surface area (Å²) in [5.74, 6) is -0.448. The van der Waals surface area contributed by atoms with Crippen LogP contribution >= 0.6 is 15.9 Å². The summed E-state index contributed by atoms with van der Waals surface area (Å²) in [5.41, 5.74) is 0. The highest BCUT2D eigenvalue weighted by Crippen LogP contribution is 2.14. The molecule has 0 saturated carbocycles. The van der Waals surface area contributed by atoms with E-state index in [0.29, 0.717) is 12.2 Å². The molecule has 0 radical (unpaired) electrons. The first-order valence-electron chi connectivity index (χ1n) is 4.45. The molecule has 1 N–H and O–H groups in total. The Morgan fingerprint density at radius 1 is 1.33 bits per heavy atom. The summed E-state index contributed by atoms with van der Waals surface area (Å²) >= 11 is 3.29. The van der Waals surface area contributed by atoms with Gasteiger partial charge < -0.3 is 5.11 Å². The number of aliphatic carboxylic acids is 1. The molecule has 0 saturated heterocycles. The molecule has 0 aliphatic heterocycles. The van der Waals surface area contributed by atoms with Gasteiger partial charge in [0.25, 0.3) is 0 Å². The smallest absolute Gasteiger partial charge is 0.303 e. The normalized spacial score (nSPS) is 12.3. The average Bonchev–Trinajstić information content (AvgIpc) is 2.18. The van der Waals surface area contributed by atoms with Crippen molar-refractivity contribution in [3.05, 3.63) is 28.7 Å². The number of hydrogen-bond acceptors (Lipinski definition) is 2. The quantitative estimate of drug-likeness (QED) is 0.906. The fourth-order valence-electron chi connectivity index (χ4n) is 1.06. The molecule has 1 rings (SSSR count). The molecule has 0 heterocycles. The number of carboxylic acid groups (broad SMARTS) is 1. The van der Waals surface area contributed by atoms with Crippen LogP contribution in [0, 0.1) is 0 Å². The molecule has 0 aromatic heterocycles. The number of hydrogen-bond donors (Lipinski definition) is 1. The third-order valence-electron chi connectivity index (χ3n) is 1.80. The van der Waals surface area contributed by atoms with Crippen LogP contribution in [0.25, 0.3) is 0 Å². The molecular weight excluding hydrogens is 280 g/mol. The van der Waals surface area contributed by atoms with Gasteiger partial charge in [0, 0.05) is 21.5 Å². The monoisotopic (exact) mass is 290 g/mol. The van der Waals surface area contributed by atoms with Gasteiger partial charge >= 0.3 is 5.97 Å². The Hall–Kier alpha value is -0.680. The summed E-state index contributed by atoms with van der Waals surface area (Å²) in [4.78, 5) is 11.0. The highest BCUT2D eigenvalue weighted by molar-refractivity contribution is 9.10. The Kier molecular flexibility index (Phi) is 4.98. The number of benzene rings is 1. The van der Waals surface area contributed by atoms with Crippen LogP contribution in [-0.2, 0) is 15.6 Å². The lowest BCUT2D eigenvalue weighted by atomic mass is 10.3. The van der Waals surface area contributed by atoms with Crippen molar-refractivity contribution in [2.45, 2.75) is 17.7 Å². The van der Waals surface area contributed by atoms with Crippen LogP contribution in [0.1, 0.15) is 12.8 Å². The number of rotatable bonds is 5. The first-order chi connectivity index (χ1) is 7.09. The van der Waals surface area contributed by atoms with Gasteiger partial charge in [-0.15, -0.1) is 0 Å². The van der Waals surface area contributed by atoms with E-state index in [4.69, 9.17) is 5.11 Å². The second kappa shape index (κ2) is 6.02. The summed E-state index contributed by atoms with van der Waals surface area (Å²) < 4.78 is 12.6. The molecule has 1 aromatic rings. The number of halogens is 1. The van der Waals surface area contributed by atoms with Crippen LogP contribution in [-0.4, -0.2) is 21.0 Å². The van der Waals surface area contributed by atoms with Crippen LogP contribution in [0.15, 0.2) is 33.6 Å². The van der Waals surface area contributed by atoms with E-state index in [1.165, 1.54) is 0 Å². The fraction of sp³-hybridized carbons (Fsp3) is 0.300. The summed E-state index contributed by atoms with van der Waals surface area (Å²) in [6.45, 7) is 0. The van der Waals surface area contributed by atoms with Crippen molar-refractivity contribution in [2.24, 2.45) is 0 Å². The second-order valence-corrected chi connectivity index (χ2v) is 5.49. The third kappa shape index (κ3) is 4.57. The summed E-state index contributed by atoms with van der Waals surface area (Å²) in [6, 6.07) is 7.21. The van der Waals surface area contributed by atoms with E-state index < -0.39 is 16.8 Å². The second-order valence-electron chi connectivity index (χ2n) is 3.00. The van der Waals surface area contributed by atoms with Crippen molar-refractivity contribution >= 4 is 32.7 Å². The Morgan fingerprint density at radius 2 is 1.93 bits per heavy atom. The molecule has 0 amide bonds. The largest absolute Gasteiger partial charge is 0.481 e. The van der Waals surface area contributed by atoms with Crippen LogP contribution < -0.4 is 0 Å². The zero-order chi connectivity index (χ0) is 11.3. The maximum Gasteiger partial charge on any atom is 0.303 e. The van der Waals surface area contributed by atoms with Crippen molar-refractivity contribution in [2.75, 3.05) is 5.75 Å². The Labute approximate surface area is 99.1 Å². The molecule has 82 valence electrons. The predicted octanol–water partition coefficient (Wildman–Crippen LogP) is 2.42. The highest BCUT2D eigenvalue weighted by atomic mass is 79.9. The Balaban J connectivity index is 2.47. The van der Waals surface area contributed by atoms with Gasteiger partial charge in [0.05, 0.1) is 10.8 Å². The van der Waals surface area contributed by atoms with E-state index in [1.807, 2.05) is 12.1 Å². The van der Waals surface area contributed by atoms with Gasteiger partial charge in [0.15, 0.2) is 0 Å². The molecule has 1 unspecified atom stereocenters. The average molecular weight is 291 g/mol. The lowest BCUT2D eigenvalue weighted by molar-refractivity contribution is -0.137. The Morgan fingerprint density at radius 3 is 2.47 bits per heavy atom. The molecule has 0 fully saturated rings. The first kappa shape index (κ1) is 12.4. The van der Waals surface area contributed by atoms with E-state index >= 15 is 0 Å². The standard InChI is InChI=1S/C10H11BrO3S/c11-8-3-5-9(6-4-8)15(14)7-1-2-10(12)13/h3-6H,1-2,7H2,(H,12,13). The molecule has 1 atom stereocenters. The Bertz CT molecular complexity index is 361. The van der Waals surface area contributed by atoms with Crippen LogP contribution in [0.5, 0.6) is 0 Å². The minimum absolute atomic E-state index is 0.0717. The third-order valence-corrected chi connectivity index (χ3v) is 3.78. The SMILES string of the molecule is O=C(O)CCCS(=O)c1ccc(Br)cc1. The van der Waals surface area contributed by atoms with E-state index in [0.717, 1.165) is 9.37 Å². The van der Waals surface area contributed by atoms with Gasteiger partial charge in [-0.2, -0.15) is 0 Å². The molecule has 0 spiro atoms. The van der Waals surface area contributed by atoms with Crippen LogP contribution in [0.2, 0.25) is 0 Å². The van der Waals surface area contributed by atoms with Crippen LogP contribution in [0.3, 0.4) is 0 Å². The van der Waals surface area contributed by atoms with Crippen molar-refractivity contribution in [1.29, 1.82) is 0 Å². The molecular formula is C10H11BrO3S. The van der Waals surface area contributed by atoms with E-state index in [2.05, 4.69) is 15.9 Å². The van der Waals surface area contributed by atoms with Crippen molar-refractivity contribution in [3.8, 4) is 0 Å². The fourth-order valence-corrected chi connectivity index (χ4v) is 2.40. The summed E-state index contributed by atoms with van der Waals surface area (Å²) in [5, 5.41) is 8.43. The topological polar surface area (TPSA) is 54.4 Å². The first-order valence-corrected chi connectivity index (χ1v) is 6.56. The van der Waals surface area contributed by atoms with Crippen LogP contribution in [0.4, 0.5) is 0 Å². The molecule has 1 aromatic carbocycles. The van der Waals surface area contributed by atoms with Crippen molar-refractivity contribution in [3.63, 3.8) is 0 Å². The number of carboxylic acids is 1. The highest BCUT2D eigenvalue weighted by Gasteiger charge is 2.04. The predicted molar refractivity (Wildman–Crippen MR) is 62.3 cm³/mol. The summed E-state index contributed by atoms with van der Waals surface area (Å²) in [7, 11) is -1.09. The zero-order valence-corrected chi connectivity index (χ0v) is 10.4. The lowest BCUT2D eigenvalue weighted by Gasteiger charge is -2.00. The molecule has 0 aliphatic carbocycles. The molecule has 3 nitrogen and oxygen atoms in total. The lowest BCUT2D eigenvalue weighted by Crippen LogP contribution is -2.02. The van der Waals surface area contributed by atoms with E-state index in [-0.39, 0.29) is 6.42 Å². The van der Waals surface area contributed by atoms with Gasteiger partial charge in [0.2, 0.25) is 0 Å². The minimum Gasteiger partial charge on any atom is -0.481 e. The van der Waals surface area contributed by atoms with Gasteiger partial charge in [-0.1, -0.05) is 15.9 Å². The molecule has 0 aliphatic rings. The maximum absolute atomic E-state index is 11.6.